The molecule has 0 radical (unpaired) electrons. The van der Waals surface area contributed by atoms with Gasteiger partial charge in [0.2, 0.25) is 0 Å². The van der Waals surface area contributed by atoms with Crippen molar-refractivity contribution in [2.45, 2.75) is 6.92 Å². The van der Waals surface area contributed by atoms with E-state index in [1.54, 1.807) is 42.7 Å². The Hall–Kier alpha value is -3.58. The third kappa shape index (κ3) is 3.68. The number of fused-ring (bicyclic) bond motifs is 1. The number of rotatable bonds is 1. The third-order valence-electron chi connectivity index (χ3n) is 4.15. The summed E-state index contributed by atoms with van der Waals surface area (Å²) in [6.07, 6.45) is 3.39. The highest BCUT2D eigenvalue weighted by Crippen LogP contribution is 2.19. The van der Waals surface area contributed by atoms with Crippen LogP contribution in [0.5, 0.6) is 0 Å². The highest BCUT2D eigenvalue weighted by Gasteiger charge is 2.06. The van der Waals surface area contributed by atoms with Crippen molar-refractivity contribution in [3.05, 3.63) is 95.3 Å². The summed E-state index contributed by atoms with van der Waals surface area (Å²) in [5.41, 5.74) is 2.58. The summed E-state index contributed by atoms with van der Waals surface area (Å²) in [6, 6.07) is 14.8. The molecule has 4 aromatic rings. The number of aromatic nitrogens is 2. The SMILES string of the molecule is Cc1cnc(-c2ccc(C#Cc3ccc4cc(F)ccc4c3)c(F)c2)nc1. The predicted octanol–water partition coefficient (Wildman–Crippen LogP) is 5.28. The topological polar surface area (TPSA) is 25.8 Å². The van der Waals surface area contributed by atoms with Crippen molar-refractivity contribution in [3.8, 4) is 23.2 Å². The zero-order valence-corrected chi connectivity index (χ0v) is 14.5. The summed E-state index contributed by atoms with van der Waals surface area (Å²) in [6.45, 7) is 1.90. The van der Waals surface area contributed by atoms with Gasteiger partial charge >= 0.3 is 0 Å². The van der Waals surface area contributed by atoms with Crippen LogP contribution in [0.1, 0.15) is 16.7 Å². The zero-order valence-electron chi connectivity index (χ0n) is 14.5. The maximum atomic E-state index is 14.4. The molecule has 3 aromatic carbocycles. The van der Waals surface area contributed by atoms with E-state index in [2.05, 4.69) is 21.8 Å². The molecule has 2 nitrogen and oxygen atoms in total. The molecule has 0 amide bonds. The van der Waals surface area contributed by atoms with Crippen molar-refractivity contribution in [2.24, 2.45) is 0 Å². The van der Waals surface area contributed by atoms with E-state index >= 15 is 0 Å². The third-order valence-corrected chi connectivity index (χ3v) is 4.15. The van der Waals surface area contributed by atoms with Gasteiger partial charge in [-0.3, -0.25) is 0 Å². The molecule has 0 aliphatic carbocycles. The van der Waals surface area contributed by atoms with Crippen molar-refractivity contribution in [2.75, 3.05) is 0 Å². The highest BCUT2D eigenvalue weighted by atomic mass is 19.1. The number of hydrogen-bond donors (Lipinski definition) is 0. The lowest BCUT2D eigenvalue weighted by molar-refractivity contribution is 0.624. The molecule has 0 aliphatic rings. The molecule has 0 unspecified atom stereocenters. The van der Waals surface area contributed by atoms with Crippen molar-refractivity contribution >= 4 is 10.8 Å². The van der Waals surface area contributed by atoms with Gasteiger partial charge in [-0.15, -0.1) is 0 Å². The maximum absolute atomic E-state index is 14.4. The molecule has 1 aromatic heterocycles. The predicted molar refractivity (Wildman–Crippen MR) is 102 cm³/mol. The molecular weight excluding hydrogens is 342 g/mol. The Morgan fingerprint density at radius 2 is 1.52 bits per heavy atom. The lowest BCUT2D eigenvalue weighted by Crippen LogP contribution is -1.91. The van der Waals surface area contributed by atoms with E-state index in [4.69, 9.17) is 0 Å². The first-order valence-corrected chi connectivity index (χ1v) is 8.38. The second-order valence-corrected chi connectivity index (χ2v) is 6.23. The van der Waals surface area contributed by atoms with E-state index in [-0.39, 0.29) is 5.82 Å². The summed E-state index contributed by atoms with van der Waals surface area (Å²) >= 11 is 0. The Balaban J connectivity index is 1.63. The standard InChI is InChI=1S/C23H14F2N2/c1-15-13-26-23(27-14-15)20-7-6-17(22(25)12-20)4-2-16-3-5-19-11-21(24)9-8-18(19)10-16/h3,5-14H,1H3. The molecule has 0 saturated heterocycles. The average molecular weight is 356 g/mol. The Labute approximate surface area is 155 Å². The molecule has 27 heavy (non-hydrogen) atoms. The van der Waals surface area contributed by atoms with E-state index in [1.165, 1.54) is 18.2 Å². The highest BCUT2D eigenvalue weighted by molar-refractivity contribution is 5.84. The van der Waals surface area contributed by atoms with E-state index in [0.717, 1.165) is 21.9 Å². The van der Waals surface area contributed by atoms with Crippen molar-refractivity contribution in [1.82, 2.24) is 9.97 Å². The molecule has 0 N–H and O–H groups in total. The first-order chi connectivity index (χ1) is 13.1. The number of nitrogens with zero attached hydrogens (tertiary/aromatic N) is 2. The first kappa shape index (κ1) is 16.9. The van der Waals surface area contributed by atoms with Gasteiger partial charge in [-0.1, -0.05) is 24.0 Å². The van der Waals surface area contributed by atoms with Crippen molar-refractivity contribution in [1.29, 1.82) is 0 Å². The maximum Gasteiger partial charge on any atom is 0.159 e. The van der Waals surface area contributed by atoms with E-state index in [1.807, 2.05) is 13.0 Å². The quantitative estimate of drug-likeness (QED) is 0.434. The van der Waals surface area contributed by atoms with Gasteiger partial charge in [0.25, 0.3) is 0 Å². The molecule has 0 aliphatic heterocycles. The van der Waals surface area contributed by atoms with Crippen LogP contribution < -0.4 is 0 Å². The number of aryl methyl sites for hydroxylation is 1. The van der Waals surface area contributed by atoms with Crippen LogP contribution >= 0.6 is 0 Å². The lowest BCUT2D eigenvalue weighted by atomic mass is 10.1. The first-order valence-electron chi connectivity index (χ1n) is 8.38. The monoisotopic (exact) mass is 356 g/mol. The minimum atomic E-state index is -0.424. The van der Waals surface area contributed by atoms with Gasteiger partial charge in [-0.05, 0) is 65.7 Å². The fourth-order valence-corrected chi connectivity index (χ4v) is 2.73. The molecule has 0 fully saturated rings. The Morgan fingerprint density at radius 1 is 0.778 bits per heavy atom. The molecule has 0 bridgehead atoms. The molecule has 130 valence electrons. The molecule has 0 spiro atoms. The van der Waals surface area contributed by atoms with Crippen LogP contribution in [0.15, 0.2) is 67.0 Å². The van der Waals surface area contributed by atoms with Gasteiger partial charge in [-0.2, -0.15) is 0 Å². The van der Waals surface area contributed by atoms with Crippen LogP contribution in [-0.4, -0.2) is 9.97 Å². The van der Waals surface area contributed by atoms with Gasteiger partial charge in [-0.25, -0.2) is 18.7 Å². The number of benzene rings is 3. The average Bonchev–Trinajstić information content (AvgIpc) is 2.67. The van der Waals surface area contributed by atoms with Gasteiger partial charge < -0.3 is 0 Å². The lowest BCUT2D eigenvalue weighted by Gasteiger charge is -2.02. The molecule has 4 rings (SSSR count). The smallest absolute Gasteiger partial charge is 0.159 e. The normalized spacial score (nSPS) is 10.5. The van der Waals surface area contributed by atoms with E-state index < -0.39 is 5.82 Å². The summed E-state index contributed by atoms with van der Waals surface area (Å²) in [5.74, 6) is 5.59. The fraction of sp³-hybridized carbons (Fsp3) is 0.0435. The van der Waals surface area contributed by atoms with Crippen LogP contribution in [0.4, 0.5) is 8.78 Å². The summed E-state index contributed by atoms with van der Waals surface area (Å²) < 4.78 is 27.7. The molecule has 1 heterocycles. The van der Waals surface area contributed by atoms with Gasteiger partial charge in [0.15, 0.2) is 5.82 Å². The molecule has 0 saturated carbocycles. The second kappa shape index (κ2) is 6.97. The van der Waals surface area contributed by atoms with Crippen LogP contribution in [0.3, 0.4) is 0 Å². The second-order valence-electron chi connectivity index (χ2n) is 6.23. The van der Waals surface area contributed by atoms with Crippen LogP contribution in [0.25, 0.3) is 22.2 Å². The van der Waals surface area contributed by atoms with E-state index in [9.17, 15) is 8.78 Å². The van der Waals surface area contributed by atoms with Gasteiger partial charge in [0.05, 0.1) is 5.56 Å². The van der Waals surface area contributed by atoms with Crippen molar-refractivity contribution < 1.29 is 8.78 Å². The van der Waals surface area contributed by atoms with Crippen LogP contribution in [0, 0.1) is 30.4 Å². The minimum absolute atomic E-state index is 0.277. The van der Waals surface area contributed by atoms with Crippen LogP contribution in [-0.2, 0) is 0 Å². The minimum Gasteiger partial charge on any atom is -0.236 e. The Bertz CT molecular complexity index is 1200. The molecule has 0 atom stereocenters. The van der Waals surface area contributed by atoms with Gasteiger partial charge in [0.1, 0.15) is 11.6 Å². The Kier molecular flexibility index (Phi) is 4.35. The fourth-order valence-electron chi connectivity index (χ4n) is 2.73. The number of hydrogen-bond acceptors (Lipinski definition) is 2. The molecular formula is C23H14F2N2. The zero-order chi connectivity index (χ0) is 18.8. The summed E-state index contributed by atoms with van der Waals surface area (Å²) in [4.78, 5) is 8.41. The van der Waals surface area contributed by atoms with Gasteiger partial charge in [0, 0.05) is 23.5 Å². The van der Waals surface area contributed by atoms with E-state index in [0.29, 0.717) is 17.0 Å². The number of halogens is 2. The molecule has 4 heteroatoms. The van der Waals surface area contributed by atoms with Crippen molar-refractivity contribution in [3.63, 3.8) is 0 Å². The Morgan fingerprint density at radius 3 is 2.30 bits per heavy atom. The largest absolute Gasteiger partial charge is 0.236 e. The summed E-state index contributed by atoms with van der Waals surface area (Å²) in [7, 11) is 0. The summed E-state index contributed by atoms with van der Waals surface area (Å²) in [5, 5.41) is 1.68. The van der Waals surface area contributed by atoms with Crippen LogP contribution in [0.2, 0.25) is 0 Å².